The number of rotatable bonds is 5. The fraction of sp³-hybridized carbons (Fsp3) is 0.107. The molecule has 3 aromatic carbocycles. The average molecular weight is 591 g/mol. The Labute approximate surface area is 230 Å². The van der Waals surface area contributed by atoms with E-state index in [1.165, 1.54) is 23.5 Å². The maximum atomic E-state index is 13.5. The highest BCUT2D eigenvalue weighted by Gasteiger charge is 2.18. The smallest absolute Gasteiger partial charge is 0.297 e. The Bertz CT molecular complexity index is 1810. The van der Waals surface area contributed by atoms with Gasteiger partial charge in [0.2, 0.25) is 4.80 Å². The summed E-state index contributed by atoms with van der Waals surface area (Å²) in [7, 11) is 1.83. The van der Waals surface area contributed by atoms with Crippen LogP contribution in [-0.4, -0.2) is 30.0 Å². The molecule has 0 saturated heterocycles. The van der Waals surface area contributed by atoms with Gasteiger partial charge in [0.15, 0.2) is 5.69 Å². The van der Waals surface area contributed by atoms with E-state index in [4.69, 9.17) is 10.1 Å². The molecule has 5 aromatic rings. The lowest BCUT2D eigenvalue weighted by Gasteiger charge is -2.09. The summed E-state index contributed by atoms with van der Waals surface area (Å²) in [5.74, 6) is -0.131. The highest BCUT2D eigenvalue weighted by atomic mass is 79.9. The first-order valence-electron chi connectivity index (χ1n) is 11.7. The summed E-state index contributed by atoms with van der Waals surface area (Å²) in [6.45, 7) is 3.62. The number of aromatic hydroxyl groups is 2. The van der Waals surface area contributed by atoms with E-state index >= 15 is 0 Å². The minimum absolute atomic E-state index is 0.0407. The fourth-order valence-electron chi connectivity index (χ4n) is 4.14. The van der Waals surface area contributed by atoms with Gasteiger partial charge in [-0.25, -0.2) is 14.4 Å². The molecule has 0 atom stereocenters. The van der Waals surface area contributed by atoms with Gasteiger partial charge in [0.1, 0.15) is 11.5 Å². The van der Waals surface area contributed by atoms with Gasteiger partial charge in [0.05, 0.1) is 22.8 Å². The maximum Gasteiger partial charge on any atom is 0.297 e. The molecule has 2 aromatic heterocycles. The molecular weight excluding hydrogens is 566 g/mol. The van der Waals surface area contributed by atoms with E-state index in [-0.39, 0.29) is 17.1 Å². The second-order valence-electron chi connectivity index (χ2n) is 8.60. The highest BCUT2D eigenvalue weighted by Crippen LogP contribution is 2.29. The van der Waals surface area contributed by atoms with Crippen molar-refractivity contribution in [3.8, 4) is 28.4 Å². The Morgan fingerprint density at radius 2 is 1.71 bits per heavy atom. The van der Waals surface area contributed by atoms with E-state index in [9.17, 15) is 15.0 Å². The number of para-hydroxylation sites is 1. The molecular formula is C28H24BrN5O3S. The lowest BCUT2D eigenvalue weighted by atomic mass is 10.1. The van der Waals surface area contributed by atoms with Crippen molar-refractivity contribution >= 4 is 38.7 Å². The zero-order valence-corrected chi connectivity index (χ0v) is 23.2. The van der Waals surface area contributed by atoms with Gasteiger partial charge in [-0.3, -0.25) is 9.48 Å². The summed E-state index contributed by atoms with van der Waals surface area (Å²) in [5.41, 5.74) is 4.14. The van der Waals surface area contributed by atoms with Gasteiger partial charge in [-0.05, 0) is 44.2 Å². The molecule has 0 radical (unpaired) electrons. The molecule has 0 amide bonds. The highest BCUT2D eigenvalue weighted by molar-refractivity contribution is 9.10. The molecule has 0 aliphatic carbocycles. The summed E-state index contributed by atoms with van der Waals surface area (Å²) in [4.78, 5) is 18.8. The van der Waals surface area contributed by atoms with Crippen LogP contribution in [0.15, 0.2) is 97.5 Å². The van der Waals surface area contributed by atoms with Crippen molar-refractivity contribution in [2.75, 3.05) is 0 Å². The first-order valence-corrected chi connectivity index (χ1v) is 13.4. The Hall–Kier alpha value is -4.15. The molecule has 0 bridgehead atoms. The standard InChI is InChI=1S/C28H24BrN5O3S/c1-17(21-14-13-20(35)15-25(21)36)31-33-24(22-11-7-8-12-23(22)29)16-38-28(33)30-26-18(2)32(3)34(27(26)37)19-9-5-4-6-10-19/h4-16,35-36H,1-3H3. The Balaban J connectivity index is 1.75. The SMILES string of the molecule is CC(=Nn1c(-c2ccccc2Br)csc1=Nc1c(C)n(C)n(-c2ccccc2)c1=O)c1ccc(O)cc1O. The number of halogens is 1. The van der Waals surface area contributed by atoms with Gasteiger partial charge in [0, 0.05) is 34.1 Å². The van der Waals surface area contributed by atoms with Crippen LogP contribution in [0.25, 0.3) is 16.9 Å². The van der Waals surface area contributed by atoms with Crippen molar-refractivity contribution in [2.24, 2.45) is 17.1 Å². The topological polar surface area (TPSA) is 97.0 Å². The third-order valence-corrected chi connectivity index (χ3v) is 7.70. The molecule has 0 aliphatic heterocycles. The monoisotopic (exact) mass is 589 g/mol. The van der Waals surface area contributed by atoms with Crippen LogP contribution < -0.4 is 10.4 Å². The molecule has 0 aliphatic rings. The lowest BCUT2D eigenvalue weighted by molar-refractivity contribution is 0.450. The second-order valence-corrected chi connectivity index (χ2v) is 10.3. The summed E-state index contributed by atoms with van der Waals surface area (Å²) < 4.78 is 5.92. The van der Waals surface area contributed by atoms with Crippen LogP contribution in [0.5, 0.6) is 11.5 Å². The van der Waals surface area contributed by atoms with Crippen LogP contribution in [0.1, 0.15) is 18.2 Å². The quantitative estimate of drug-likeness (QED) is 0.258. The summed E-state index contributed by atoms with van der Waals surface area (Å²) in [6.07, 6.45) is 0. The first-order chi connectivity index (χ1) is 18.3. The first kappa shape index (κ1) is 25.5. The van der Waals surface area contributed by atoms with Gasteiger partial charge < -0.3 is 10.2 Å². The van der Waals surface area contributed by atoms with E-state index < -0.39 is 0 Å². The van der Waals surface area contributed by atoms with Crippen LogP contribution in [0.2, 0.25) is 0 Å². The predicted octanol–water partition coefficient (Wildman–Crippen LogP) is 5.69. The van der Waals surface area contributed by atoms with E-state index in [1.54, 1.807) is 27.0 Å². The molecule has 0 spiro atoms. The molecule has 2 heterocycles. The summed E-state index contributed by atoms with van der Waals surface area (Å²) >= 11 is 4.98. The number of phenolic OH excluding ortho intramolecular Hbond substituents is 2. The van der Waals surface area contributed by atoms with E-state index in [0.29, 0.717) is 27.5 Å². The number of nitrogens with zero attached hydrogens (tertiary/aromatic N) is 5. The van der Waals surface area contributed by atoms with E-state index in [2.05, 4.69) is 15.9 Å². The van der Waals surface area contributed by atoms with Gasteiger partial charge in [-0.15, -0.1) is 11.3 Å². The Morgan fingerprint density at radius 3 is 2.42 bits per heavy atom. The van der Waals surface area contributed by atoms with Gasteiger partial charge in [-0.1, -0.05) is 52.3 Å². The Kier molecular flexibility index (Phi) is 6.92. The molecule has 2 N–H and O–H groups in total. The number of hydrogen-bond acceptors (Lipinski definition) is 6. The van der Waals surface area contributed by atoms with Crippen LogP contribution in [0, 0.1) is 6.92 Å². The van der Waals surface area contributed by atoms with Crippen molar-refractivity contribution < 1.29 is 10.2 Å². The van der Waals surface area contributed by atoms with Crippen molar-refractivity contribution in [3.63, 3.8) is 0 Å². The molecule has 10 heteroatoms. The van der Waals surface area contributed by atoms with Crippen LogP contribution in [0.3, 0.4) is 0 Å². The van der Waals surface area contributed by atoms with Crippen molar-refractivity contribution in [3.05, 3.63) is 109 Å². The fourth-order valence-corrected chi connectivity index (χ4v) is 5.45. The van der Waals surface area contributed by atoms with E-state index in [0.717, 1.165) is 21.4 Å². The van der Waals surface area contributed by atoms with Crippen LogP contribution >= 0.6 is 27.3 Å². The normalized spacial score (nSPS) is 12.3. The van der Waals surface area contributed by atoms with Crippen molar-refractivity contribution in [1.29, 1.82) is 0 Å². The molecule has 8 nitrogen and oxygen atoms in total. The van der Waals surface area contributed by atoms with Crippen molar-refractivity contribution in [2.45, 2.75) is 13.8 Å². The molecule has 38 heavy (non-hydrogen) atoms. The molecule has 0 fully saturated rings. The predicted molar refractivity (Wildman–Crippen MR) is 154 cm³/mol. The molecule has 5 rings (SSSR count). The van der Waals surface area contributed by atoms with Crippen LogP contribution in [-0.2, 0) is 7.05 Å². The van der Waals surface area contributed by atoms with Gasteiger partial charge >= 0.3 is 0 Å². The van der Waals surface area contributed by atoms with Crippen molar-refractivity contribution in [1.82, 2.24) is 14.0 Å². The average Bonchev–Trinajstić information content (AvgIpc) is 3.38. The number of thiazole rings is 1. The number of aromatic nitrogens is 3. The Morgan fingerprint density at radius 1 is 1.00 bits per heavy atom. The van der Waals surface area contributed by atoms with Crippen LogP contribution in [0.4, 0.5) is 5.69 Å². The van der Waals surface area contributed by atoms with Gasteiger partial charge in [-0.2, -0.15) is 5.10 Å². The number of phenols is 2. The zero-order chi connectivity index (χ0) is 27.0. The van der Waals surface area contributed by atoms with Gasteiger partial charge in [0.25, 0.3) is 5.56 Å². The minimum Gasteiger partial charge on any atom is -0.508 e. The minimum atomic E-state index is -0.240. The number of hydrogen-bond donors (Lipinski definition) is 2. The maximum absolute atomic E-state index is 13.5. The largest absolute Gasteiger partial charge is 0.508 e. The molecule has 0 saturated carbocycles. The zero-order valence-electron chi connectivity index (χ0n) is 20.8. The van der Waals surface area contributed by atoms with E-state index in [1.807, 2.05) is 73.9 Å². The lowest BCUT2D eigenvalue weighted by Crippen LogP contribution is -2.20. The third-order valence-electron chi connectivity index (χ3n) is 6.19. The second kappa shape index (κ2) is 10.3. The number of benzene rings is 3. The molecule has 192 valence electrons. The third kappa shape index (κ3) is 4.64. The molecule has 0 unspecified atom stereocenters. The summed E-state index contributed by atoms with van der Waals surface area (Å²) in [5, 5.41) is 26.9. The summed E-state index contributed by atoms with van der Waals surface area (Å²) in [6, 6.07) is 21.5.